The Kier molecular flexibility index (Phi) is 4.51. The molecular weight excluding hydrogens is 328 g/mol. The van der Waals surface area contributed by atoms with Crippen LogP contribution in [0.4, 0.5) is 5.82 Å². The monoisotopic (exact) mass is 338 g/mol. The van der Waals surface area contributed by atoms with Gasteiger partial charge in [-0.1, -0.05) is 0 Å². The highest BCUT2D eigenvalue weighted by Crippen LogP contribution is 2.23. The lowest BCUT2D eigenvalue weighted by molar-refractivity contribution is 0.0131. The highest BCUT2D eigenvalue weighted by Gasteiger charge is 2.19. The van der Waals surface area contributed by atoms with Crippen LogP contribution in [0.5, 0.6) is 0 Å². The lowest BCUT2D eigenvalue weighted by Crippen LogP contribution is -2.37. The topological polar surface area (TPSA) is 65.4 Å². The Hall–Kier alpha value is -0.170. The molecule has 0 fully saturated rings. The van der Waals surface area contributed by atoms with E-state index in [1.165, 1.54) is 0 Å². The van der Waals surface area contributed by atoms with Crippen molar-refractivity contribution in [2.75, 3.05) is 18.5 Å². The van der Waals surface area contributed by atoms with Crippen molar-refractivity contribution in [3.8, 4) is 0 Å². The quantitative estimate of drug-likeness (QED) is 0.782. The van der Waals surface area contributed by atoms with Gasteiger partial charge in [0.1, 0.15) is 11.4 Å². The summed E-state index contributed by atoms with van der Waals surface area (Å²) in [4.78, 5) is 4.12. The van der Waals surface area contributed by atoms with Crippen LogP contribution in [-0.4, -0.2) is 33.9 Å². The summed E-state index contributed by atoms with van der Waals surface area (Å²) in [6, 6.07) is 1.85. The minimum Gasteiger partial charge on any atom is -0.393 e. The van der Waals surface area contributed by atoms with Gasteiger partial charge in [0.25, 0.3) is 0 Å². The summed E-state index contributed by atoms with van der Waals surface area (Å²) in [7, 11) is 0. The number of nitrogens with one attached hydrogen (secondary N) is 1. The molecule has 1 rings (SSSR count). The van der Waals surface area contributed by atoms with E-state index in [1.54, 1.807) is 13.1 Å². The smallest absolute Gasteiger partial charge is 0.140 e. The Morgan fingerprint density at radius 3 is 2.73 bits per heavy atom. The number of aromatic nitrogens is 1. The van der Waals surface area contributed by atoms with E-state index in [0.717, 1.165) is 8.95 Å². The predicted molar refractivity (Wildman–Crippen MR) is 65.8 cm³/mol. The first-order chi connectivity index (χ1) is 6.94. The molecule has 0 aromatic carbocycles. The Bertz CT molecular complexity index is 345. The van der Waals surface area contributed by atoms with Crippen LogP contribution >= 0.6 is 31.9 Å². The van der Waals surface area contributed by atoms with Gasteiger partial charge >= 0.3 is 0 Å². The number of aliphatic hydroxyl groups is 2. The third-order valence-electron chi connectivity index (χ3n) is 1.79. The lowest BCUT2D eigenvalue weighted by Gasteiger charge is -2.21. The van der Waals surface area contributed by atoms with Crippen molar-refractivity contribution >= 4 is 37.7 Å². The second-order valence-electron chi connectivity index (χ2n) is 3.49. The summed E-state index contributed by atoms with van der Waals surface area (Å²) in [5.74, 6) is 0.631. The molecule has 1 atom stereocenters. The minimum atomic E-state index is -1.14. The van der Waals surface area contributed by atoms with Crippen LogP contribution in [0.25, 0.3) is 0 Å². The average molecular weight is 340 g/mol. The van der Waals surface area contributed by atoms with Gasteiger partial charge in [-0.15, -0.1) is 0 Å². The van der Waals surface area contributed by atoms with E-state index in [-0.39, 0.29) is 13.2 Å². The van der Waals surface area contributed by atoms with Crippen LogP contribution in [0, 0.1) is 0 Å². The molecule has 1 aromatic heterocycles. The lowest BCUT2D eigenvalue weighted by atomic mass is 10.1. The van der Waals surface area contributed by atoms with Crippen molar-refractivity contribution in [3.05, 3.63) is 21.2 Å². The third-order valence-corrected chi connectivity index (χ3v) is 2.82. The van der Waals surface area contributed by atoms with E-state index >= 15 is 0 Å². The fourth-order valence-electron chi connectivity index (χ4n) is 0.875. The zero-order chi connectivity index (χ0) is 11.5. The zero-order valence-corrected chi connectivity index (χ0v) is 11.3. The van der Waals surface area contributed by atoms with Gasteiger partial charge in [-0.05, 0) is 44.8 Å². The van der Waals surface area contributed by atoms with E-state index in [4.69, 9.17) is 5.11 Å². The molecule has 84 valence electrons. The van der Waals surface area contributed by atoms with Gasteiger partial charge in [0.05, 0.1) is 11.1 Å². The average Bonchev–Trinajstić information content (AvgIpc) is 2.16. The summed E-state index contributed by atoms with van der Waals surface area (Å²) in [6.45, 7) is 1.48. The van der Waals surface area contributed by atoms with Gasteiger partial charge in [0.2, 0.25) is 0 Å². The second kappa shape index (κ2) is 5.25. The predicted octanol–water partition coefficient (Wildman–Crippen LogP) is 1.76. The van der Waals surface area contributed by atoms with E-state index in [0.29, 0.717) is 5.82 Å². The molecule has 4 nitrogen and oxygen atoms in total. The zero-order valence-electron chi connectivity index (χ0n) is 8.17. The Balaban J connectivity index is 2.66. The maximum Gasteiger partial charge on any atom is 0.140 e. The summed E-state index contributed by atoms with van der Waals surface area (Å²) in [6.07, 6.45) is 1.65. The van der Waals surface area contributed by atoms with Crippen molar-refractivity contribution < 1.29 is 10.2 Å². The molecule has 1 aromatic rings. The van der Waals surface area contributed by atoms with E-state index in [9.17, 15) is 5.11 Å². The van der Waals surface area contributed by atoms with E-state index < -0.39 is 5.60 Å². The molecule has 0 spiro atoms. The molecule has 0 bridgehead atoms. The van der Waals surface area contributed by atoms with E-state index in [1.807, 2.05) is 6.07 Å². The highest BCUT2D eigenvalue weighted by molar-refractivity contribution is 9.11. The van der Waals surface area contributed by atoms with Crippen molar-refractivity contribution in [2.45, 2.75) is 12.5 Å². The highest BCUT2D eigenvalue weighted by atomic mass is 79.9. The Labute approximate surface area is 105 Å². The Morgan fingerprint density at radius 1 is 1.53 bits per heavy atom. The number of aliphatic hydroxyl groups excluding tert-OH is 1. The standard InChI is InChI=1S/C9H12Br2N2O2/c1-9(15,5-14)4-13-8-7(11)2-6(10)3-12-8/h2-3,14-15H,4-5H2,1H3,(H,12,13). The van der Waals surface area contributed by atoms with Crippen LogP contribution in [0.15, 0.2) is 21.2 Å². The fourth-order valence-corrected chi connectivity index (χ4v) is 2.00. The summed E-state index contributed by atoms with van der Waals surface area (Å²) in [5, 5.41) is 21.4. The van der Waals surface area contributed by atoms with Gasteiger partial charge in [-0.3, -0.25) is 0 Å². The molecule has 0 radical (unpaired) electrons. The van der Waals surface area contributed by atoms with Gasteiger partial charge in [-0.25, -0.2) is 4.98 Å². The molecule has 0 saturated heterocycles. The second-order valence-corrected chi connectivity index (χ2v) is 5.26. The molecular formula is C9H12Br2N2O2. The number of hydrogen-bond acceptors (Lipinski definition) is 4. The van der Waals surface area contributed by atoms with E-state index in [2.05, 4.69) is 42.2 Å². The molecule has 15 heavy (non-hydrogen) atoms. The number of rotatable bonds is 4. The molecule has 0 aliphatic rings. The molecule has 1 unspecified atom stereocenters. The van der Waals surface area contributed by atoms with Crippen LogP contribution < -0.4 is 5.32 Å². The maximum atomic E-state index is 9.57. The molecule has 0 aliphatic heterocycles. The fraction of sp³-hybridized carbons (Fsp3) is 0.444. The van der Waals surface area contributed by atoms with Crippen molar-refractivity contribution in [1.29, 1.82) is 0 Å². The summed E-state index contributed by atoms with van der Waals surface area (Å²) < 4.78 is 1.67. The maximum absolute atomic E-state index is 9.57. The van der Waals surface area contributed by atoms with Gasteiger partial charge in [0.15, 0.2) is 0 Å². The first kappa shape index (κ1) is 12.9. The van der Waals surface area contributed by atoms with Crippen LogP contribution in [-0.2, 0) is 0 Å². The van der Waals surface area contributed by atoms with Crippen molar-refractivity contribution in [3.63, 3.8) is 0 Å². The summed E-state index contributed by atoms with van der Waals surface area (Å²) >= 11 is 6.63. The number of pyridine rings is 1. The van der Waals surface area contributed by atoms with Gasteiger partial charge in [-0.2, -0.15) is 0 Å². The van der Waals surface area contributed by atoms with Crippen LogP contribution in [0.2, 0.25) is 0 Å². The molecule has 0 amide bonds. The molecule has 1 heterocycles. The number of nitrogens with zero attached hydrogens (tertiary/aromatic N) is 1. The number of anilines is 1. The number of halogens is 2. The van der Waals surface area contributed by atoms with Crippen molar-refractivity contribution in [1.82, 2.24) is 4.98 Å². The van der Waals surface area contributed by atoms with Crippen molar-refractivity contribution in [2.24, 2.45) is 0 Å². The van der Waals surface area contributed by atoms with Crippen LogP contribution in [0.1, 0.15) is 6.92 Å². The molecule has 0 aliphatic carbocycles. The molecule has 3 N–H and O–H groups in total. The van der Waals surface area contributed by atoms with Gasteiger partial charge in [0, 0.05) is 17.2 Å². The largest absolute Gasteiger partial charge is 0.393 e. The first-order valence-corrected chi connectivity index (χ1v) is 5.91. The molecule has 0 saturated carbocycles. The Morgan fingerprint density at radius 2 is 2.20 bits per heavy atom. The normalized spacial score (nSPS) is 14.7. The summed E-state index contributed by atoms with van der Waals surface area (Å²) in [5.41, 5.74) is -1.14. The third kappa shape index (κ3) is 4.06. The number of hydrogen-bond donors (Lipinski definition) is 3. The minimum absolute atomic E-state index is 0.233. The SMILES string of the molecule is CC(O)(CO)CNc1ncc(Br)cc1Br. The van der Waals surface area contributed by atoms with Crippen LogP contribution in [0.3, 0.4) is 0 Å². The van der Waals surface area contributed by atoms with Gasteiger partial charge < -0.3 is 15.5 Å². The first-order valence-electron chi connectivity index (χ1n) is 4.33. The molecule has 6 heteroatoms.